The lowest BCUT2D eigenvalue weighted by atomic mass is 10.2. The van der Waals surface area contributed by atoms with Gasteiger partial charge >= 0.3 is 0 Å². The first-order valence-electron chi connectivity index (χ1n) is 8.88. The summed E-state index contributed by atoms with van der Waals surface area (Å²) in [5.41, 5.74) is 0.725. The van der Waals surface area contributed by atoms with E-state index in [0.29, 0.717) is 26.2 Å². The van der Waals surface area contributed by atoms with Crippen molar-refractivity contribution in [3.8, 4) is 0 Å². The molecular weight excluding hydrogens is 388 g/mol. The van der Waals surface area contributed by atoms with E-state index in [1.807, 2.05) is 4.90 Å². The van der Waals surface area contributed by atoms with Crippen LogP contribution in [0, 0.1) is 11.6 Å². The fourth-order valence-corrected chi connectivity index (χ4v) is 4.38. The van der Waals surface area contributed by atoms with E-state index >= 15 is 0 Å². The highest BCUT2D eigenvalue weighted by Crippen LogP contribution is 2.18. The second-order valence-electron chi connectivity index (χ2n) is 6.41. The Morgan fingerprint density at radius 2 is 1.61 bits per heavy atom. The highest BCUT2D eigenvalue weighted by atomic mass is 32.2. The van der Waals surface area contributed by atoms with Crippen LogP contribution in [-0.4, -0.2) is 57.1 Å². The fraction of sp³-hybridized carbons (Fsp3) is 0.316. The molecule has 0 saturated carbocycles. The summed E-state index contributed by atoms with van der Waals surface area (Å²) in [6.45, 7) is 1.49. The van der Waals surface area contributed by atoms with Crippen molar-refractivity contribution in [3.63, 3.8) is 0 Å². The number of rotatable bonds is 6. The molecule has 1 saturated heterocycles. The minimum absolute atomic E-state index is 0.103. The standard InChI is InChI=1S/C19H21F2N3O3S/c20-15-5-7-16(8-6-15)23-10-12-24(13-11-23)28(26,27)14-9-22-19(25)17-3-1-2-4-18(17)21/h1-8H,9-14H2,(H,22,25). The molecule has 2 aromatic rings. The van der Waals surface area contributed by atoms with Crippen LogP contribution in [0.3, 0.4) is 0 Å². The Morgan fingerprint density at radius 1 is 0.964 bits per heavy atom. The van der Waals surface area contributed by atoms with Gasteiger partial charge in [0.2, 0.25) is 10.0 Å². The molecule has 0 atom stereocenters. The van der Waals surface area contributed by atoms with Crippen LogP contribution >= 0.6 is 0 Å². The number of anilines is 1. The molecule has 1 aliphatic rings. The average Bonchev–Trinajstić information content (AvgIpc) is 2.69. The summed E-state index contributed by atoms with van der Waals surface area (Å²) in [6, 6.07) is 11.6. The minimum Gasteiger partial charge on any atom is -0.369 e. The van der Waals surface area contributed by atoms with Gasteiger partial charge in [-0.2, -0.15) is 4.31 Å². The molecule has 3 rings (SSSR count). The molecule has 1 heterocycles. The normalized spacial score (nSPS) is 15.4. The molecule has 1 fully saturated rings. The maximum atomic E-state index is 13.6. The largest absolute Gasteiger partial charge is 0.369 e. The first-order valence-corrected chi connectivity index (χ1v) is 10.5. The van der Waals surface area contributed by atoms with E-state index < -0.39 is 21.7 Å². The number of hydrogen-bond acceptors (Lipinski definition) is 4. The summed E-state index contributed by atoms with van der Waals surface area (Å²) < 4.78 is 53.0. The van der Waals surface area contributed by atoms with Gasteiger partial charge in [-0.15, -0.1) is 0 Å². The number of piperazine rings is 1. The SMILES string of the molecule is O=C(NCCS(=O)(=O)N1CCN(c2ccc(F)cc2)CC1)c1ccccc1F. The molecule has 0 bridgehead atoms. The predicted octanol–water partition coefficient (Wildman–Crippen LogP) is 1.85. The van der Waals surface area contributed by atoms with E-state index in [1.54, 1.807) is 12.1 Å². The number of hydrogen-bond donors (Lipinski definition) is 1. The molecule has 0 aromatic heterocycles. The molecule has 28 heavy (non-hydrogen) atoms. The highest BCUT2D eigenvalue weighted by Gasteiger charge is 2.27. The minimum atomic E-state index is -3.55. The van der Waals surface area contributed by atoms with E-state index in [1.165, 1.54) is 40.7 Å². The maximum Gasteiger partial charge on any atom is 0.254 e. The van der Waals surface area contributed by atoms with Crippen molar-refractivity contribution in [1.82, 2.24) is 9.62 Å². The van der Waals surface area contributed by atoms with E-state index in [-0.39, 0.29) is 23.7 Å². The van der Waals surface area contributed by atoms with Crippen molar-refractivity contribution < 1.29 is 22.0 Å². The summed E-state index contributed by atoms with van der Waals surface area (Å²) in [4.78, 5) is 14.0. The fourth-order valence-electron chi connectivity index (χ4n) is 3.04. The van der Waals surface area contributed by atoms with Gasteiger partial charge in [-0.1, -0.05) is 12.1 Å². The average molecular weight is 409 g/mol. The van der Waals surface area contributed by atoms with Crippen LogP contribution in [0.1, 0.15) is 10.4 Å². The van der Waals surface area contributed by atoms with Crippen LogP contribution in [0.25, 0.3) is 0 Å². The van der Waals surface area contributed by atoms with Gasteiger partial charge in [-0.3, -0.25) is 4.79 Å². The van der Waals surface area contributed by atoms with Crippen molar-refractivity contribution in [2.75, 3.05) is 43.4 Å². The predicted molar refractivity (Wildman–Crippen MR) is 103 cm³/mol. The smallest absolute Gasteiger partial charge is 0.254 e. The number of amides is 1. The van der Waals surface area contributed by atoms with Crippen LogP contribution in [0.4, 0.5) is 14.5 Å². The molecule has 1 N–H and O–H groups in total. The summed E-state index contributed by atoms with van der Waals surface area (Å²) in [5.74, 6) is -1.87. The zero-order chi connectivity index (χ0) is 20.1. The van der Waals surface area contributed by atoms with Crippen molar-refractivity contribution in [2.24, 2.45) is 0 Å². The topological polar surface area (TPSA) is 69.7 Å². The van der Waals surface area contributed by atoms with Gasteiger partial charge in [-0.25, -0.2) is 17.2 Å². The summed E-state index contributed by atoms with van der Waals surface area (Å²) in [6.07, 6.45) is 0. The van der Waals surface area contributed by atoms with Crippen molar-refractivity contribution in [2.45, 2.75) is 0 Å². The van der Waals surface area contributed by atoms with Gasteiger partial charge in [0.05, 0.1) is 11.3 Å². The van der Waals surface area contributed by atoms with Crippen molar-refractivity contribution in [3.05, 3.63) is 65.7 Å². The Kier molecular flexibility index (Phi) is 6.25. The molecule has 1 amide bonds. The summed E-state index contributed by atoms with van der Waals surface area (Å²) in [5, 5.41) is 2.44. The molecule has 2 aromatic carbocycles. The van der Waals surface area contributed by atoms with Crippen LogP contribution < -0.4 is 10.2 Å². The lowest BCUT2D eigenvalue weighted by Gasteiger charge is -2.35. The third-order valence-corrected chi connectivity index (χ3v) is 6.46. The number of nitrogens with one attached hydrogen (secondary N) is 1. The Labute approximate surface area is 162 Å². The van der Waals surface area contributed by atoms with Crippen LogP contribution in [0.15, 0.2) is 48.5 Å². The molecule has 6 nitrogen and oxygen atoms in total. The molecule has 1 aliphatic heterocycles. The Morgan fingerprint density at radius 3 is 2.25 bits per heavy atom. The molecule has 0 unspecified atom stereocenters. The first kappa shape index (κ1) is 20.2. The Hall–Kier alpha value is -2.52. The Balaban J connectivity index is 1.49. The number of sulfonamides is 1. The van der Waals surface area contributed by atoms with Crippen molar-refractivity contribution in [1.29, 1.82) is 0 Å². The monoisotopic (exact) mass is 409 g/mol. The van der Waals surface area contributed by atoms with Crippen LogP contribution in [-0.2, 0) is 10.0 Å². The molecular formula is C19H21F2N3O3S. The number of benzene rings is 2. The molecule has 9 heteroatoms. The third kappa shape index (κ3) is 4.85. The molecule has 150 valence electrons. The number of carbonyl (C=O) groups is 1. The van der Waals surface area contributed by atoms with E-state index in [0.717, 1.165) is 5.69 Å². The van der Waals surface area contributed by atoms with Gasteiger partial charge < -0.3 is 10.2 Å². The summed E-state index contributed by atoms with van der Waals surface area (Å²) >= 11 is 0. The highest BCUT2D eigenvalue weighted by molar-refractivity contribution is 7.89. The van der Waals surface area contributed by atoms with Gasteiger partial charge in [0.1, 0.15) is 11.6 Å². The number of nitrogens with zero attached hydrogens (tertiary/aromatic N) is 2. The zero-order valence-electron chi connectivity index (χ0n) is 15.1. The number of carbonyl (C=O) groups excluding carboxylic acids is 1. The lowest BCUT2D eigenvalue weighted by molar-refractivity contribution is 0.0952. The molecule has 0 radical (unpaired) electrons. The van der Waals surface area contributed by atoms with Gasteiger partial charge in [-0.05, 0) is 36.4 Å². The van der Waals surface area contributed by atoms with Crippen molar-refractivity contribution >= 4 is 21.6 Å². The second-order valence-corrected chi connectivity index (χ2v) is 8.50. The van der Waals surface area contributed by atoms with Crippen LogP contribution in [0.2, 0.25) is 0 Å². The van der Waals surface area contributed by atoms with Gasteiger partial charge in [0.25, 0.3) is 5.91 Å². The maximum absolute atomic E-state index is 13.6. The van der Waals surface area contributed by atoms with E-state index in [9.17, 15) is 22.0 Å². The number of halogens is 2. The van der Waals surface area contributed by atoms with Gasteiger partial charge in [0.15, 0.2) is 0 Å². The first-order chi connectivity index (χ1) is 13.4. The quantitative estimate of drug-likeness (QED) is 0.791. The lowest BCUT2D eigenvalue weighted by Crippen LogP contribution is -2.50. The third-order valence-electron chi connectivity index (χ3n) is 4.59. The van der Waals surface area contributed by atoms with E-state index in [4.69, 9.17) is 0 Å². The molecule has 0 aliphatic carbocycles. The van der Waals surface area contributed by atoms with Gasteiger partial charge in [0, 0.05) is 38.4 Å². The molecule has 0 spiro atoms. The van der Waals surface area contributed by atoms with E-state index in [2.05, 4.69) is 5.32 Å². The van der Waals surface area contributed by atoms with Crippen LogP contribution in [0.5, 0.6) is 0 Å². The zero-order valence-corrected chi connectivity index (χ0v) is 16.0. The second kappa shape index (κ2) is 8.66. The summed E-state index contributed by atoms with van der Waals surface area (Å²) in [7, 11) is -3.55. The Bertz CT molecular complexity index is 928.